The van der Waals surface area contributed by atoms with Crippen LogP contribution in [0.25, 0.3) is 0 Å². The molecule has 1 saturated heterocycles. The van der Waals surface area contributed by atoms with Crippen molar-refractivity contribution in [3.63, 3.8) is 0 Å². The van der Waals surface area contributed by atoms with Crippen LogP contribution in [0.3, 0.4) is 0 Å². The van der Waals surface area contributed by atoms with E-state index in [0.29, 0.717) is 30.4 Å². The lowest BCUT2D eigenvalue weighted by molar-refractivity contribution is 0.109. The molecule has 0 saturated carbocycles. The zero-order valence-electron chi connectivity index (χ0n) is 8.72. The Kier molecular flexibility index (Phi) is 2.77. The summed E-state index contributed by atoms with van der Waals surface area (Å²) in [6, 6.07) is 3.42. The Balaban J connectivity index is 2.12. The van der Waals surface area contributed by atoms with Crippen molar-refractivity contribution in [2.45, 2.75) is 19.4 Å². The van der Waals surface area contributed by atoms with Crippen molar-refractivity contribution in [3.05, 3.63) is 17.9 Å². The zero-order chi connectivity index (χ0) is 10.8. The van der Waals surface area contributed by atoms with E-state index in [1.54, 1.807) is 12.1 Å². The molecule has 1 aliphatic rings. The van der Waals surface area contributed by atoms with Gasteiger partial charge in [-0.25, -0.2) is 0 Å². The number of carbonyl (C=O) groups excluding carboxylic acids is 1. The molecule has 82 valence electrons. The fraction of sp³-hybridized carbons (Fsp3) is 0.545. The molecule has 0 bridgehead atoms. The number of β-amino-alcohol motifs (C(OH)–C–C–N with tert-alkyl or cyclic N) is 1. The summed E-state index contributed by atoms with van der Waals surface area (Å²) in [5.41, 5.74) is 0. The molecule has 4 nitrogen and oxygen atoms in total. The quantitative estimate of drug-likeness (QED) is 0.746. The largest absolute Gasteiger partial charge is 0.438 e. The highest BCUT2D eigenvalue weighted by atomic mass is 16.4. The van der Waals surface area contributed by atoms with E-state index in [-0.39, 0.29) is 6.10 Å². The number of rotatable bonds is 2. The summed E-state index contributed by atoms with van der Waals surface area (Å²) in [4.78, 5) is 12.4. The number of hydrogen-bond donors (Lipinski definition) is 1. The summed E-state index contributed by atoms with van der Waals surface area (Å²) in [5.74, 6) is 1.44. The molecule has 0 aliphatic carbocycles. The number of hydrogen-bond acceptors (Lipinski definition) is 4. The van der Waals surface area contributed by atoms with Gasteiger partial charge in [0.2, 0.25) is 0 Å². The molecular formula is C11H15NO3. The smallest absolute Gasteiger partial charge is 0.196 e. The van der Waals surface area contributed by atoms with Gasteiger partial charge in [-0.1, -0.05) is 6.92 Å². The Morgan fingerprint density at radius 3 is 2.93 bits per heavy atom. The van der Waals surface area contributed by atoms with Crippen LogP contribution >= 0.6 is 0 Å². The van der Waals surface area contributed by atoms with Gasteiger partial charge in [-0.3, -0.25) is 4.79 Å². The van der Waals surface area contributed by atoms with E-state index in [9.17, 15) is 9.90 Å². The Labute approximate surface area is 88.5 Å². The van der Waals surface area contributed by atoms with E-state index in [4.69, 9.17) is 4.42 Å². The van der Waals surface area contributed by atoms with E-state index in [1.165, 1.54) is 0 Å². The molecule has 2 heterocycles. The lowest BCUT2D eigenvalue weighted by Crippen LogP contribution is -2.42. The lowest BCUT2D eigenvalue weighted by atomic mass is 9.98. The molecule has 1 N–H and O–H groups in total. The van der Waals surface area contributed by atoms with Crippen LogP contribution in [0.15, 0.2) is 16.5 Å². The molecule has 1 aromatic heterocycles. The molecular weight excluding hydrogens is 194 g/mol. The summed E-state index contributed by atoms with van der Waals surface area (Å²) in [6.45, 7) is 3.54. The van der Waals surface area contributed by atoms with Crippen molar-refractivity contribution >= 4 is 12.2 Å². The Morgan fingerprint density at radius 2 is 2.33 bits per heavy atom. The van der Waals surface area contributed by atoms with Crippen molar-refractivity contribution in [2.24, 2.45) is 5.92 Å². The first-order valence-corrected chi connectivity index (χ1v) is 5.17. The van der Waals surface area contributed by atoms with Gasteiger partial charge in [0, 0.05) is 19.2 Å². The zero-order valence-corrected chi connectivity index (χ0v) is 8.72. The average Bonchev–Trinajstić information content (AvgIpc) is 2.64. The highest BCUT2D eigenvalue weighted by Crippen LogP contribution is 2.24. The number of aliphatic hydroxyl groups is 1. The van der Waals surface area contributed by atoms with Gasteiger partial charge in [-0.15, -0.1) is 0 Å². The minimum absolute atomic E-state index is 0.307. The van der Waals surface area contributed by atoms with Crippen molar-refractivity contribution in [2.75, 3.05) is 18.0 Å². The van der Waals surface area contributed by atoms with Gasteiger partial charge in [-0.2, -0.15) is 0 Å². The third-order valence-electron chi connectivity index (χ3n) is 2.68. The van der Waals surface area contributed by atoms with Gasteiger partial charge in [0.15, 0.2) is 17.9 Å². The first kappa shape index (κ1) is 10.2. The summed E-state index contributed by atoms with van der Waals surface area (Å²) in [5, 5.41) is 9.62. The van der Waals surface area contributed by atoms with Gasteiger partial charge in [-0.05, 0) is 18.4 Å². The third-order valence-corrected chi connectivity index (χ3v) is 2.68. The number of carbonyl (C=O) groups is 1. The molecule has 1 fully saturated rings. The van der Waals surface area contributed by atoms with Crippen molar-refractivity contribution in [1.29, 1.82) is 0 Å². The molecule has 4 heteroatoms. The highest BCUT2D eigenvalue weighted by molar-refractivity contribution is 5.71. The summed E-state index contributed by atoms with van der Waals surface area (Å²) < 4.78 is 5.32. The van der Waals surface area contributed by atoms with Crippen LogP contribution in [-0.2, 0) is 0 Å². The number of piperidine rings is 1. The van der Waals surface area contributed by atoms with Crippen molar-refractivity contribution in [3.8, 4) is 0 Å². The van der Waals surface area contributed by atoms with Crippen LogP contribution < -0.4 is 4.90 Å². The molecule has 2 unspecified atom stereocenters. The van der Waals surface area contributed by atoms with Crippen LogP contribution in [0.2, 0.25) is 0 Å². The van der Waals surface area contributed by atoms with Gasteiger partial charge >= 0.3 is 0 Å². The van der Waals surface area contributed by atoms with Gasteiger partial charge in [0.25, 0.3) is 0 Å². The second-order valence-electron chi connectivity index (χ2n) is 4.19. The highest BCUT2D eigenvalue weighted by Gasteiger charge is 2.24. The maximum atomic E-state index is 10.5. The maximum absolute atomic E-state index is 10.5. The second-order valence-corrected chi connectivity index (χ2v) is 4.19. The molecule has 1 aliphatic heterocycles. The van der Waals surface area contributed by atoms with E-state index in [0.717, 1.165) is 13.0 Å². The SMILES string of the molecule is CC1CC(O)CN(c2ccc(C=O)o2)C1. The van der Waals surface area contributed by atoms with Crippen LogP contribution in [0.4, 0.5) is 5.88 Å². The van der Waals surface area contributed by atoms with Gasteiger partial charge < -0.3 is 14.4 Å². The van der Waals surface area contributed by atoms with Crippen molar-refractivity contribution in [1.82, 2.24) is 0 Å². The fourth-order valence-electron chi connectivity index (χ4n) is 2.07. The summed E-state index contributed by atoms with van der Waals surface area (Å²) in [7, 11) is 0. The monoisotopic (exact) mass is 209 g/mol. The topological polar surface area (TPSA) is 53.7 Å². The van der Waals surface area contributed by atoms with Crippen LogP contribution in [0.5, 0.6) is 0 Å². The van der Waals surface area contributed by atoms with Crippen molar-refractivity contribution < 1.29 is 14.3 Å². The molecule has 1 aromatic rings. The number of anilines is 1. The molecule has 2 atom stereocenters. The van der Waals surface area contributed by atoms with Crippen LogP contribution in [-0.4, -0.2) is 30.6 Å². The van der Waals surface area contributed by atoms with Crippen LogP contribution in [0, 0.1) is 5.92 Å². The first-order valence-electron chi connectivity index (χ1n) is 5.17. The molecule has 0 amide bonds. The Hall–Kier alpha value is -1.29. The third kappa shape index (κ3) is 2.21. The Morgan fingerprint density at radius 1 is 1.53 bits per heavy atom. The fourth-order valence-corrected chi connectivity index (χ4v) is 2.07. The normalized spacial score (nSPS) is 26.7. The predicted octanol–water partition coefficient (Wildman–Crippen LogP) is 1.30. The standard InChI is InChI=1S/C11H15NO3/c1-8-4-9(14)6-12(5-8)11-3-2-10(7-13)15-11/h2-3,7-9,14H,4-6H2,1H3. The van der Waals surface area contributed by atoms with Crippen LogP contribution in [0.1, 0.15) is 23.9 Å². The molecule has 0 aromatic carbocycles. The second kappa shape index (κ2) is 4.06. The van der Waals surface area contributed by atoms with Gasteiger partial charge in [0.1, 0.15) is 0 Å². The number of aliphatic hydroxyl groups excluding tert-OH is 1. The van der Waals surface area contributed by atoms with E-state index >= 15 is 0 Å². The predicted molar refractivity (Wildman–Crippen MR) is 56.1 cm³/mol. The molecule has 15 heavy (non-hydrogen) atoms. The van der Waals surface area contributed by atoms with E-state index in [1.807, 2.05) is 4.90 Å². The minimum atomic E-state index is -0.307. The lowest BCUT2D eigenvalue weighted by Gasteiger charge is -2.33. The number of nitrogens with zero attached hydrogens (tertiary/aromatic N) is 1. The maximum Gasteiger partial charge on any atom is 0.196 e. The molecule has 0 radical (unpaired) electrons. The molecule has 0 spiro atoms. The number of aldehydes is 1. The van der Waals surface area contributed by atoms with Gasteiger partial charge in [0.05, 0.1) is 6.10 Å². The first-order chi connectivity index (χ1) is 7.19. The van der Waals surface area contributed by atoms with E-state index in [2.05, 4.69) is 6.92 Å². The average molecular weight is 209 g/mol. The Bertz CT molecular complexity index is 337. The summed E-state index contributed by atoms with van der Waals surface area (Å²) >= 11 is 0. The molecule has 2 rings (SSSR count). The minimum Gasteiger partial charge on any atom is -0.438 e. The number of furan rings is 1. The summed E-state index contributed by atoms with van der Waals surface area (Å²) in [6.07, 6.45) is 1.21. The van der Waals surface area contributed by atoms with E-state index < -0.39 is 0 Å².